The minimum absolute atomic E-state index is 0.0274. The van der Waals surface area contributed by atoms with Gasteiger partial charge in [0.1, 0.15) is 40.3 Å². The molecule has 3 atom stereocenters. The fourth-order valence-corrected chi connectivity index (χ4v) is 7.09. The van der Waals surface area contributed by atoms with Crippen molar-refractivity contribution in [1.29, 1.82) is 10.5 Å². The summed E-state index contributed by atoms with van der Waals surface area (Å²) in [7, 11) is 1.15. The molecule has 244 valence electrons. The van der Waals surface area contributed by atoms with Crippen LogP contribution in [0.1, 0.15) is 77.6 Å². The Kier molecular flexibility index (Phi) is 9.82. The summed E-state index contributed by atoms with van der Waals surface area (Å²) >= 11 is 0. The van der Waals surface area contributed by atoms with Crippen molar-refractivity contribution in [2.45, 2.75) is 96.7 Å². The van der Waals surface area contributed by atoms with E-state index in [9.17, 15) is 19.7 Å². The minimum atomic E-state index is -2.33. The third-order valence-electron chi connectivity index (χ3n) is 9.25. The van der Waals surface area contributed by atoms with Crippen LogP contribution in [0.2, 0.25) is 18.1 Å². The van der Waals surface area contributed by atoms with Crippen LogP contribution in [0.4, 0.5) is 10.1 Å². The van der Waals surface area contributed by atoms with Gasteiger partial charge in [0.2, 0.25) is 0 Å². The van der Waals surface area contributed by atoms with Gasteiger partial charge in [-0.15, -0.1) is 0 Å². The molecule has 3 aromatic rings. The summed E-state index contributed by atoms with van der Waals surface area (Å²) in [5.41, 5.74) is 2.08. The van der Waals surface area contributed by atoms with Crippen molar-refractivity contribution in [3.8, 4) is 12.1 Å². The molecule has 1 aliphatic rings. The van der Waals surface area contributed by atoms with Gasteiger partial charge in [0, 0.05) is 20.0 Å². The Hall–Kier alpha value is -4.06. The van der Waals surface area contributed by atoms with Crippen molar-refractivity contribution in [3.63, 3.8) is 0 Å². The third-order valence-corrected chi connectivity index (χ3v) is 13.7. The molecule has 0 spiro atoms. The molecule has 2 aromatic heterocycles. The van der Waals surface area contributed by atoms with Crippen LogP contribution in [0, 0.1) is 34.4 Å². The molecule has 1 saturated carbocycles. The van der Waals surface area contributed by atoms with Crippen LogP contribution < -0.4 is 10.5 Å². The standard InChI is InChI=1S/C35H45FN6O3Si/c1-34(2,3)45-40-30(22-11-14-24(36)15-12-22)23-13-17-27(29(19-23)44-46(9,10)35(4,5)6)41(7)32-26(21-38)33(43)42(8)28-18-16-25(20-37)39-31(28)32/h11-12,14-16,18,23,27,29H,13,17,19H2,1-10H3/t23-,27-,29+/m1/s1. The summed E-state index contributed by atoms with van der Waals surface area (Å²) in [4.78, 5) is 25.9. The van der Waals surface area contributed by atoms with Crippen LogP contribution in [0.25, 0.3) is 11.0 Å². The molecule has 0 radical (unpaired) electrons. The van der Waals surface area contributed by atoms with Gasteiger partial charge in [-0.05, 0) is 88.0 Å². The average Bonchev–Trinajstić information content (AvgIpc) is 2.98. The van der Waals surface area contributed by atoms with Crippen LogP contribution in [0.3, 0.4) is 0 Å². The van der Waals surface area contributed by atoms with Gasteiger partial charge in [-0.25, -0.2) is 9.37 Å². The lowest BCUT2D eigenvalue weighted by atomic mass is 9.78. The molecule has 2 heterocycles. The number of nitriles is 2. The number of oxime groups is 1. The number of likely N-dealkylation sites (N-methyl/N-ethyl adjacent to an activating group) is 1. The summed E-state index contributed by atoms with van der Waals surface area (Å²) in [6.07, 6.45) is 1.63. The SMILES string of the molecule is CN(c1c(C#N)c(=O)n(C)c2ccc(C#N)nc12)[C@@H]1CC[C@@H](C(=NOC(C)(C)C)c2ccc(F)cc2)C[C@@H]1O[Si](C)(C)C(C)(C)C. The lowest BCUT2D eigenvalue weighted by molar-refractivity contribution is -0.000552. The van der Waals surface area contributed by atoms with Gasteiger partial charge in [0.05, 0.1) is 29.1 Å². The number of fused-ring (bicyclic) bond motifs is 1. The monoisotopic (exact) mass is 644 g/mol. The number of anilines is 1. The molecule has 0 aliphatic heterocycles. The number of halogens is 1. The van der Waals surface area contributed by atoms with E-state index in [1.165, 1.54) is 16.7 Å². The van der Waals surface area contributed by atoms with Crippen LogP contribution in [0.15, 0.2) is 46.3 Å². The van der Waals surface area contributed by atoms with Crippen LogP contribution >= 0.6 is 0 Å². The first kappa shape index (κ1) is 34.8. The molecule has 0 saturated heterocycles. The third kappa shape index (κ3) is 7.16. The van der Waals surface area contributed by atoms with E-state index in [0.717, 1.165) is 11.3 Å². The fraction of sp³-hybridized carbons (Fsp3) is 0.514. The highest BCUT2D eigenvalue weighted by Gasteiger charge is 2.45. The zero-order valence-corrected chi connectivity index (χ0v) is 29.6. The van der Waals surface area contributed by atoms with Crippen molar-refractivity contribution in [1.82, 2.24) is 9.55 Å². The van der Waals surface area contributed by atoms with Crippen molar-refractivity contribution in [2.24, 2.45) is 18.1 Å². The van der Waals surface area contributed by atoms with E-state index < -0.39 is 19.5 Å². The Balaban J connectivity index is 1.86. The molecular formula is C35H45FN6O3Si. The van der Waals surface area contributed by atoms with Gasteiger partial charge < -0.3 is 18.7 Å². The van der Waals surface area contributed by atoms with E-state index in [-0.39, 0.29) is 40.2 Å². The first-order valence-electron chi connectivity index (χ1n) is 15.6. The largest absolute Gasteiger partial charge is 0.412 e. The van der Waals surface area contributed by atoms with Gasteiger partial charge in [-0.3, -0.25) is 4.79 Å². The summed E-state index contributed by atoms with van der Waals surface area (Å²) in [5, 5.41) is 24.4. The van der Waals surface area contributed by atoms with E-state index in [1.807, 2.05) is 32.7 Å². The zero-order chi connectivity index (χ0) is 34.2. The number of aryl methyl sites for hydroxylation is 1. The lowest BCUT2D eigenvalue weighted by Gasteiger charge is -2.47. The zero-order valence-electron chi connectivity index (χ0n) is 28.6. The van der Waals surface area contributed by atoms with Gasteiger partial charge >= 0.3 is 0 Å². The number of hydrogen-bond acceptors (Lipinski definition) is 8. The average molecular weight is 645 g/mol. The smallest absolute Gasteiger partial charge is 0.270 e. The predicted octanol–water partition coefficient (Wildman–Crippen LogP) is 7.03. The lowest BCUT2D eigenvalue weighted by Crippen LogP contribution is -2.54. The predicted molar refractivity (Wildman–Crippen MR) is 182 cm³/mol. The van der Waals surface area contributed by atoms with Gasteiger partial charge in [-0.1, -0.05) is 38.1 Å². The minimum Gasteiger partial charge on any atom is -0.412 e. The van der Waals surface area contributed by atoms with E-state index in [1.54, 1.807) is 31.3 Å². The molecular weight excluding hydrogens is 600 g/mol. The molecule has 1 aromatic carbocycles. The van der Waals surface area contributed by atoms with E-state index in [0.29, 0.717) is 36.0 Å². The first-order valence-corrected chi connectivity index (χ1v) is 18.6. The first-order chi connectivity index (χ1) is 21.4. The summed E-state index contributed by atoms with van der Waals surface area (Å²) < 4.78 is 22.5. The normalized spacial score (nSPS) is 19.4. The van der Waals surface area contributed by atoms with Crippen LogP contribution in [-0.2, 0) is 16.3 Å². The molecule has 46 heavy (non-hydrogen) atoms. The van der Waals surface area contributed by atoms with Crippen molar-refractivity contribution < 1.29 is 13.7 Å². The van der Waals surface area contributed by atoms with Crippen LogP contribution in [0.5, 0.6) is 0 Å². The molecule has 11 heteroatoms. The second-order valence-corrected chi connectivity index (χ2v) is 19.4. The number of hydrogen-bond donors (Lipinski definition) is 0. The van der Waals surface area contributed by atoms with Crippen molar-refractivity contribution >= 4 is 30.7 Å². The van der Waals surface area contributed by atoms with Crippen molar-refractivity contribution in [2.75, 3.05) is 11.9 Å². The second-order valence-electron chi connectivity index (χ2n) is 14.7. The highest BCUT2D eigenvalue weighted by Crippen LogP contribution is 2.42. The summed E-state index contributed by atoms with van der Waals surface area (Å²) in [6, 6.07) is 13.6. The quantitative estimate of drug-likeness (QED) is 0.154. The molecule has 1 aliphatic carbocycles. The molecule has 0 amide bonds. The maximum Gasteiger partial charge on any atom is 0.270 e. The Labute approximate surface area is 272 Å². The number of benzene rings is 1. The second kappa shape index (κ2) is 13.0. The van der Waals surface area contributed by atoms with E-state index in [4.69, 9.17) is 9.26 Å². The number of nitrogens with zero attached hydrogens (tertiary/aromatic N) is 6. The van der Waals surface area contributed by atoms with E-state index >= 15 is 0 Å². The number of rotatable bonds is 7. The van der Waals surface area contributed by atoms with Gasteiger partial charge in [-0.2, -0.15) is 10.5 Å². The Morgan fingerprint density at radius 1 is 1.07 bits per heavy atom. The highest BCUT2D eigenvalue weighted by molar-refractivity contribution is 6.74. The fourth-order valence-electron chi connectivity index (χ4n) is 5.72. The molecule has 4 rings (SSSR count). The number of pyridine rings is 2. The van der Waals surface area contributed by atoms with Crippen molar-refractivity contribution in [3.05, 3.63) is 69.4 Å². The summed E-state index contributed by atoms with van der Waals surface area (Å²) in [5.74, 6) is -0.390. The molecule has 0 N–H and O–H groups in total. The maximum atomic E-state index is 13.9. The Bertz CT molecular complexity index is 1770. The highest BCUT2D eigenvalue weighted by atomic mass is 28.4. The van der Waals surface area contributed by atoms with E-state index in [2.05, 4.69) is 56.1 Å². The maximum absolute atomic E-state index is 13.9. The molecule has 0 unspecified atom stereocenters. The Morgan fingerprint density at radius 3 is 2.28 bits per heavy atom. The summed E-state index contributed by atoms with van der Waals surface area (Å²) in [6.45, 7) is 16.8. The molecule has 1 fully saturated rings. The molecule has 9 nitrogen and oxygen atoms in total. The topological polar surface area (TPSA) is 117 Å². The Morgan fingerprint density at radius 2 is 1.72 bits per heavy atom. The van der Waals surface area contributed by atoms with Crippen LogP contribution in [-0.4, -0.2) is 48.4 Å². The van der Waals surface area contributed by atoms with Gasteiger partial charge in [0.25, 0.3) is 5.56 Å². The van der Waals surface area contributed by atoms with Gasteiger partial charge in [0.15, 0.2) is 8.32 Å². The molecule has 0 bridgehead atoms. The number of aromatic nitrogens is 2.